The molecule has 1 fully saturated rings. The lowest BCUT2D eigenvalue weighted by Gasteiger charge is -2.42. The number of hydrogen-bond acceptors (Lipinski definition) is 16. The van der Waals surface area contributed by atoms with Gasteiger partial charge in [-0.15, -0.1) is 17.7 Å². The highest BCUT2D eigenvalue weighted by atomic mass is 32.1. The maximum absolute atomic E-state index is 11.8. The molecular weight excluding hydrogens is 618 g/mol. The SMILES string of the molecule is CC(=O)OC1C(OC(C)=O)[C@H](OC(C)=O)C(S)O[C@H]1OCCCCCCOCc1cn(CCOCCOCCOCCO)nn1. The summed E-state index contributed by atoms with van der Waals surface area (Å²) in [6.45, 7) is 7.98. The van der Waals surface area contributed by atoms with Crippen molar-refractivity contribution < 1.29 is 62.1 Å². The molecule has 0 saturated carbocycles. The Bertz CT molecular complexity index is 985. The van der Waals surface area contributed by atoms with E-state index < -0.39 is 47.9 Å². The van der Waals surface area contributed by atoms with Crippen LogP contribution in [0, 0.1) is 0 Å². The predicted octanol–water partition coefficient (Wildman–Crippen LogP) is 0.821. The van der Waals surface area contributed by atoms with E-state index in [-0.39, 0.29) is 13.2 Å². The van der Waals surface area contributed by atoms with Gasteiger partial charge in [0, 0.05) is 34.0 Å². The second kappa shape index (κ2) is 23.0. The van der Waals surface area contributed by atoms with Gasteiger partial charge in [0.05, 0.1) is 65.6 Å². The zero-order valence-corrected chi connectivity index (χ0v) is 27.1. The van der Waals surface area contributed by atoms with Gasteiger partial charge in [-0.05, 0) is 12.8 Å². The third-order valence-corrected chi connectivity index (χ3v) is 6.54. The second-order valence-corrected chi connectivity index (χ2v) is 10.5. The minimum Gasteiger partial charge on any atom is -0.455 e. The molecule has 1 aromatic heterocycles. The van der Waals surface area contributed by atoms with Gasteiger partial charge in [-0.25, -0.2) is 4.68 Å². The summed E-state index contributed by atoms with van der Waals surface area (Å²) in [5, 5.41) is 16.8. The average molecular weight is 666 g/mol. The Kier molecular flexibility index (Phi) is 19.8. The lowest BCUT2D eigenvalue weighted by Crippen LogP contribution is -2.60. The molecule has 0 amide bonds. The third kappa shape index (κ3) is 16.7. The van der Waals surface area contributed by atoms with Crippen molar-refractivity contribution in [3.8, 4) is 0 Å². The number of hydrogen-bond donors (Lipinski definition) is 2. The van der Waals surface area contributed by atoms with Crippen molar-refractivity contribution in [2.45, 2.75) is 89.6 Å². The van der Waals surface area contributed by atoms with Crippen molar-refractivity contribution in [3.63, 3.8) is 0 Å². The molecule has 0 spiro atoms. The molecule has 1 N–H and O–H groups in total. The molecule has 45 heavy (non-hydrogen) atoms. The Labute approximate surface area is 268 Å². The van der Waals surface area contributed by atoms with Crippen LogP contribution >= 0.6 is 12.6 Å². The molecule has 1 aliphatic heterocycles. The van der Waals surface area contributed by atoms with Crippen LogP contribution in [0.4, 0.5) is 0 Å². The van der Waals surface area contributed by atoms with E-state index in [0.29, 0.717) is 65.8 Å². The van der Waals surface area contributed by atoms with Crippen molar-refractivity contribution in [1.82, 2.24) is 15.0 Å². The van der Waals surface area contributed by atoms with Crippen molar-refractivity contribution in [2.24, 2.45) is 0 Å². The summed E-state index contributed by atoms with van der Waals surface area (Å²) in [5.41, 5.74) is -0.239. The van der Waals surface area contributed by atoms with E-state index in [2.05, 4.69) is 22.9 Å². The van der Waals surface area contributed by atoms with Crippen LogP contribution in [0.1, 0.15) is 52.1 Å². The Morgan fingerprint density at radius 1 is 0.778 bits per heavy atom. The zero-order chi connectivity index (χ0) is 32.9. The maximum Gasteiger partial charge on any atom is 0.303 e. The number of aliphatic hydroxyl groups excluding tert-OH is 1. The van der Waals surface area contributed by atoms with Crippen molar-refractivity contribution in [2.75, 3.05) is 59.5 Å². The van der Waals surface area contributed by atoms with Gasteiger partial charge in [0.2, 0.25) is 0 Å². The van der Waals surface area contributed by atoms with E-state index >= 15 is 0 Å². The van der Waals surface area contributed by atoms with Crippen LogP contribution in [0.2, 0.25) is 0 Å². The summed E-state index contributed by atoms with van der Waals surface area (Å²) in [5.74, 6) is -1.92. The minimum absolute atomic E-state index is 0.00250. The van der Waals surface area contributed by atoms with E-state index in [1.807, 2.05) is 6.20 Å². The number of thiol groups is 1. The van der Waals surface area contributed by atoms with Gasteiger partial charge in [0.15, 0.2) is 24.6 Å². The average Bonchev–Trinajstić information content (AvgIpc) is 3.43. The minimum atomic E-state index is -1.15. The smallest absolute Gasteiger partial charge is 0.303 e. The number of aliphatic hydroxyl groups is 1. The number of carbonyl (C=O) groups excluding carboxylic acids is 3. The van der Waals surface area contributed by atoms with Crippen LogP contribution in [0.3, 0.4) is 0 Å². The summed E-state index contributed by atoms with van der Waals surface area (Å²) in [6.07, 6.45) is 0.633. The lowest BCUT2D eigenvalue weighted by molar-refractivity contribution is -0.287. The number of nitrogens with zero attached hydrogens (tertiary/aromatic N) is 3. The number of aromatic nitrogens is 3. The Morgan fingerprint density at radius 2 is 1.36 bits per heavy atom. The van der Waals surface area contributed by atoms with Crippen molar-refractivity contribution >= 4 is 30.5 Å². The lowest BCUT2D eigenvalue weighted by atomic mass is 10.0. The quantitative estimate of drug-likeness (QED) is 0.0684. The first-order valence-electron chi connectivity index (χ1n) is 15.0. The van der Waals surface area contributed by atoms with Crippen LogP contribution in [0.25, 0.3) is 0 Å². The third-order valence-electron chi connectivity index (χ3n) is 6.12. The normalized spacial score (nSPS) is 21.4. The fourth-order valence-electron chi connectivity index (χ4n) is 4.20. The molecule has 0 aromatic carbocycles. The number of ether oxygens (including phenoxy) is 9. The molecule has 1 aliphatic rings. The summed E-state index contributed by atoms with van der Waals surface area (Å²) < 4.78 is 50.9. The molecule has 1 saturated heterocycles. The molecule has 16 nitrogen and oxygen atoms in total. The van der Waals surface area contributed by atoms with Gasteiger partial charge in [0.1, 0.15) is 11.1 Å². The molecule has 5 atom stereocenters. The number of carbonyl (C=O) groups is 3. The first-order valence-corrected chi connectivity index (χ1v) is 15.5. The monoisotopic (exact) mass is 665 g/mol. The van der Waals surface area contributed by atoms with E-state index in [0.717, 1.165) is 25.0 Å². The Hall–Kier alpha value is -2.38. The molecule has 1 aromatic rings. The molecule has 17 heteroatoms. The van der Waals surface area contributed by atoms with Gasteiger partial charge in [-0.3, -0.25) is 14.4 Å². The number of esters is 3. The van der Waals surface area contributed by atoms with Crippen molar-refractivity contribution in [1.29, 1.82) is 0 Å². The molecule has 0 bridgehead atoms. The summed E-state index contributed by atoms with van der Waals surface area (Å²) in [7, 11) is 0. The largest absolute Gasteiger partial charge is 0.455 e. The van der Waals surface area contributed by atoms with Gasteiger partial charge in [0.25, 0.3) is 0 Å². The standard InChI is InChI=1S/C28H47N3O13S/c1-20(33)41-24-25(42-21(2)34)27(44-28(45)26(24)43-22(3)35)40-11-7-5-4-6-10-39-19-23-18-31(30-29-23)8-12-36-14-16-38-17-15-37-13-9-32/h18,24-28,32,45H,4-17,19H2,1-3H3/t24?,25?,26-,27+,28?/m0/s1. The van der Waals surface area contributed by atoms with Crippen LogP contribution in [0.15, 0.2) is 6.20 Å². The van der Waals surface area contributed by atoms with Gasteiger partial charge < -0.3 is 47.7 Å². The second-order valence-electron chi connectivity index (χ2n) is 9.99. The van der Waals surface area contributed by atoms with Crippen LogP contribution < -0.4 is 0 Å². The summed E-state index contributed by atoms with van der Waals surface area (Å²) >= 11 is 4.33. The first-order chi connectivity index (χ1) is 21.7. The van der Waals surface area contributed by atoms with E-state index in [1.165, 1.54) is 20.8 Å². The molecule has 2 rings (SSSR count). The molecule has 0 aliphatic carbocycles. The summed E-state index contributed by atoms with van der Waals surface area (Å²) in [4.78, 5) is 35.1. The fourth-order valence-corrected chi connectivity index (χ4v) is 4.55. The highest BCUT2D eigenvalue weighted by molar-refractivity contribution is 7.80. The van der Waals surface area contributed by atoms with Crippen LogP contribution in [-0.4, -0.2) is 128 Å². The maximum atomic E-state index is 11.8. The molecule has 3 unspecified atom stereocenters. The van der Waals surface area contributed by atoms with E-state index in [9.17, 15) is 14.4 Å². The van der Waals surface area contributed by atoms with Gasteiger partial charge in [-0.2, -0.15) is 0 Å². The Morgan fingerprint density at radius 3 is 2.00 bits per heavy atom. The van der Waals surface area contributed by atoms with Gasteiger partial charge >= 0.3 is 17.9 Å². The fraction of sp³-hybridized carbons (Fsp3) is 0.821. The molecule has 258 valence electrons. The highest BCUT2D eigenvalue weighted by Gasteiger charge is 2.51. The van der Waals surface area contributed by atoms with Crippen LogP contribution in [-0.2, 0) is 70.2 Å². The molecule has 2 heterocycles. The number of rotatable bonds is 24. The van der Waals surface area contributed by atoms with E-state index in [1.54, 1.807) is 4.68 Å². The first kappa shape index (κ1) is 38.8. The van der Waals surface area contributed by atoms with Gasteiger partial charge in [-0.1, -0.05) is 18.1 Å². The van der Waals surface area contributed by atoms with Crippen LogP contribution in [0.5, 0.6) is 0 Å². The molecular formula is C28H47N3O13S. The predicted molar refractivity (Wildman–Crippen MR) is 158 cm³/mol. The Balaban J connectivity index is 1.58. The zero-order valence-electron chi connectivity index (χ0n) is 26.2. The number of unbranched alkanes of at least 4 members (excludes halogenated alkanes) is 3. The highest BCUT2D eigenvalue weighted by Crippen LogP contribution is 2.31. The van der Waals surface area contributed by atoms with E-state index in [4.69, 9.17) is 47.7 Å². The van der Waals surface area contributed by atoms with Crippen molar-refractivity contribution in [3.05, 3.63) is 11.9 Å². The topological polar surface area (TPSA) is 185 Å². The summed E-state index contributed by atoms with van der Waals surface area (Å²) in [6, 6.07) is 0. The molecule has 0 radical (unpaired) electrons.